The summed E-state index contributed by atoms with van der Waals surface area (Å²) in [5, 5.41) is 0. The van der Waals surface area contributed by atoms with Crippen molar-refractivity contribution in [3.05, 3.63) is 29.8 Å². The molecule has 112 valence electrons. The normalized spacial score (nSPS) is 21.3. The lowest BCUT2D eigenvalue weighted by atomic mass is 10.2. The Bertz CT molecular complexity index is 694. The number of fused-ring (bicyclic) bond motifs is 1. The van der Waals surface area contributed by atoms with E-state index in [0.29, 0.717) is 30.6 Å². The van der Waals surface area contributed by atoms with Crippen LogP contribution in [0.15, 0.2) is 29.2 Å². The number of carbonyl (C=O) groups excluding carboxylic acids is 2. The van der Waals surface area contributed by atoms with Crippen LogP contribution in [0.1, 0.15) is 10.4 Å². The number of sulfonamides is 1. The largest absolute Gasteiger partial charge is 0.370 e. The molecule has 0 atom stereocenters. The molecule has 0 unspecified atom stereocenters. The predicted octanol–water partition coefficient (Wildman–Crippen LogP) is -1.73. The Hall–Kier alpha value is -1.77. The number of carbonyl (C=O) groups is 2. The quantitative estimate of drug-likeness (QED) is 0.702. The Labute approximate surface area is 122 Å². The highest BCUT2D eigenvalue weighted by Gasteiger charge is 2.45. The van der Waals surface area contributed by atoms with Crippen molar-refractivity contribution in [3.8, 4) is 0 Å². The molecule has 1 aromatic carbocycles. The highest BCUT2D eigenvalue weighted by molar-refractivity contribution is 7.90. The molecule has 0 radical (unpaired) electrons. The molecule has 0 aromatic heterocycles. The van der Waals surface area contributed by atoms with Crippen molar-refractivity contribution in [1.82, 2.24) is 4.31 Å². The summed E-state index contributed by atoms with van der Waals surface area (Å²) in [7, 11) is -4.06. The van der Waals surface area contributed by atoms with Gasteiger partial charge in [0, 0.05) is 0 Å². The van der Waals surface area contributed by atoms with Gasteiger partial charge in [-0.3, -0.25) is 9.59 Å². The first-order valence-electron chi connectivity index (χ1n) is 6.64. The third kappa shape index (κ3) is 2.35. The summed E-state index contributed by atoms with van der Waals surface area (Å²) in [6.07, 6.45) is 0. The fraction of sp³-hybridized carbons (Fsp3) is 0.385. The first-order chi connectivity index (χ1) is 10.0. The molecule has 0 spiro atoms. The number of benzene rings is 1. The summed E-state index contributed by atoms with van der Waals surface area (Å²) >= 11 is 0. The maximum absolute atomic E-state index is 12.3. The van der Waals surface area contributed by atoms with Crippen LogP contribution >= 0.6 is 0 Å². The minimum Gasteiger partial charge on any atom is -0.370 e. The van der Waals surface area contributed by atoms with Gasteiger partial charge >= 0.3 is 0 Å². The summed E-state index contributed by atoms with van der Waals surface area (Å²) < 4.78 is 30.2. The van der Waals surface area contributed by atoms with Gasteiger partial charge in [0.15, 0.2) is 6.54 Å². The number of imide groups is 1. The van der Waals surface area contributed by atoms with Gasteiger partial charge in [-0.1, -0.05) is 12.1 Å². The van der Waals surface area contributed by atoms with Gasteiger partial charge in [-0.25, -0.2) is 8.42 Å². The van der Waals surface area contributed by atoms with E-state index in [0.717, 1.165) is 4.90 Å². The van der Waals surface area contributed by atoms with E-state index < -0.39 is 21.8 Å². The molecule has 8 heteroatoms. The Kier molecular flexibility index (Phi) is 3.52. The second kappa shape index (κ2) is 5.21. The monoisotopic (exact) mass is 311 g/mol. The second-order valence-electron chi connectivity index (χ2n) is 5.00. The molecule has 21 heavy (non-hydrogen) atoms. The van der Waals surface area contributed by atoms with Crippen molar-refractivity contribution in [2.75, 3.05) is 32.8 Å². The molecule has 0 bridgehead atoms. The lowest BCUT2D eigenvalue weighted by Gasteiger charge is -2.24. The average Bonchev–Trinajstić information content (AvgIpc) is 2.68. The Morgan fingerprint density at radius 2 is 1.90 bits per heavy atom. The van der Waals surface area contributed by atoms with Crippen LogP contribution in [0.5, 0.6) is 0 Å². The van der Waals surface area contributed by atoms with Gasteiger partial charge in [-0.2, -0.15) is 4.31 Å². The lowest BCUT2D eigenvalue weighted by molar-refractivity contribution is -0.900. The maximum atomic E-state index is 12.3. The van der Waals surface area contributed by atoms with Crippen molar-refractivity contribution < 1.29 is 27.6 Å². The molecule has 1 N–H and O–H groups in total. The minimum atomic E-state index is -4.06. The third-order valence-corrected chi connectivity index (χ3v) is 5.41. The zero-order valence-electron chi connectivity index (χ0n) is 11.2. The summed E-state index contributed by atoms with van der Waals surface area (Å²) in [5.41, 5.74) is 0.0582. The van der Waals surface area contributed by atoms with Crippen molar-refractivity contribution in [2.45, 2.75) is 4.90 Å². The van der Waals surface area contributed by atoms with E-state index in [4.69, 9.17) is 4.74 Å². The van der Waals surface area contributed by atoms with E-state index in [1.807, 2.05) is 0 Å². The highest BCUT2D eigenvalue weighted by atomic mass is 32.2. The fourth-order valence-electron chi connectivity index (χ4n) is 2.55. The zero-order valence-corrected chi connectivity index (χ0v) is 12.1. The van der Waals surface area contributed by atoms with Crippen LogP contribution in [-0.4, -0.2) is 57.4 Å². The number of hydrogen-bond acceptors (Lipinski definition) is 5. The highest BCUT2D eigenvalue weighted by Crippen LogP contribution is 2.29. The molecular formula is C13H15N2O5S+. The van der Waals surface area contributed by atoms with Crippen LogP contribution < -0.4 is 4.90 Å². The summed E-state index contributed by atoms with van der Waals surface area (Å²) in [6.45, 7) is 2.29. The molecule has 1 aromatic rings. The SMILES string of the molecule is O=C(C[NH+]1CCOCC1)N1C(=O)c2ccccc2S1(=O)=O. The molecule has 2 aliphatic rings. The van der Waals surface area contributed by atoms with Crippen LogP contribution in [0, 0.1) is 0 Å². The topological polar surface area (TPSA) is 85.2 Å². The second-order valence-corrected chi connectivity index (χ2v) is 6.76. The Balaban J connectivity index is 1.86. The first kappa shape index (κ1) is 14.2. The zero-order chi connectivity index (χ0) is 15.0. The molecule has 2 amide bonds. The number of morpholine rings is 1. The number of hydrogen-bond donors (Lipinski definition) is 1. The molecule has 1 fully saturated rings. The van der Waals surface area contributed by atoms with Gasteiger partial charge in [-0.05, 0) is 12.1 Å². The lowest BCUT2D eigenvalue weighted by Crippen LogP contribution is -3.15. The Morgan fingerprint density at radius 3 is 2.57 bits per heavy atom. The smallest absolute Gasteiger partial charge is 0.298 e. The first-order valence-corrected chi connectivity index (χ1v) is 8.08. The minimum absolute atomic E-state index is 0.0255. The van der Waals surface area contributed by atoms with Crippen molar-refractivity contribution in [2.24, 2.45) is 0 Å². The van der Waals surface area contributed by atoms with Gasteiger partial charge < -0.3 is 9.64 Å². The molecule has 0 aliphatic carbocycles. The summed E-state index contributed by atoms with van der Waals surface area (Å²) in [4.78, 5) is 25.3. The molecule has 1 saturated heterocycles. The van der Waals surface area contributed by atoms with Crippen LogP contribution in [0.3, 0.4) is 0 Å². The van der Waals surface area contributed by atoms with Gasteiger partial charge in [0.25, 0.3) is 21.8 Å². The number of nitrogens with zero attached hydrogens (tertiary/aromatic N) is 1. The average molecular weight is 311 g/mol. The van der Waals surface area contributed by atoms with Crippen LogP contribution in [0.2, 0.25) is 0 Å². The fourth-order valence-corrected chi connectivity index (χ4v) is 4.08. The van der Waals surface area contributed by atoms with E-state index in [1.54, 1.807) is 6.07 Å². The van der Waals surface area contributed by atoms with Gasteiger partial charge in [0.2, 0.25) is 0 Å². The molecule has 2 heterocycles. The van der Waals surface area contributed by atoms with Gasteiger partial charge in [-0.15, -0.1) is 0 Å². The van der Waals surface area contributed by atoms with Gasteiger partial charge in [0.05, 0.1) is 18.8 Å². The van der Waals surface area contributed by atoms with E-state index in [9.17, 15) is 18.0 Å². The number of nitrogens with one attached hydrogen (secondary N) is 1. The number of quaternary nitrogens is 1. The molecule has 2 aliphatic heterocycles. The number of amides is 2. The van der Waals surface area contributed by atoms with E-state index in [2.05, 4.69) is 0 Å². The summed E-state index contributed by atoms with van der Waals surface area (Å²) in [5.74, 6) is -1.45. The van der Waals surface area contributed by atoms with Crippen LogP contribution in [0.25, 0.3) is 0 Å². The maximum Gasteiger partial charge on any atom is 0.298 e. The standard InChI is InChI=1S/C13H14N2O5S/c16-12(9-14-5-7-20-8-6-14)15-13(17)10-3-1-2-4-11(10)21(15,18)19/h1-4H,5-9H2/p+1. The third-order valence-electron chi connectivity index (χ3n) is 3.65. The van der Waals surface area contributed by atoms with Crippen molar-refractivity contribution in [1.29, 1.82) is 0 Å². The number of rotatable bonds is 2. The van der Waals surface area contributed by atoms with Crippen LogP contribution in [0.4, 0.5) is 0 Å². The Morgan fingerprint density at radius 1 is 1.24 bits per heavy atom. The summed E-state index contributed by atoms with van der Waals surface area (Å²) in [6, 6.07) is 5.87. The molecule has 3 rings (SSSR count). The van der Waals surface area contributed by atoms with E-state index in [1.165, 1.54) is 18.2 Å². The van der Waals surface area contributed by atoms with Crippen molar-refractivity contribution in [3.63, 3.8) is 0 Å². The van der Waals surface area contributed by atoms with E-state index >= 15 is 0 Å². The molecule has 0 saturated carbocycles. The van der Waals surface area contributed by atoms with Crippen molar-refractivity contribution >= 4 is 21.8 Å². The van der Waals surface area contributed by atoms with Gasteiger partial charge in [0.1, 0.15) is 18.0 Å². The molecular weight excluding hydrogens is 296 g/mol. The predicted molar refractivity (Wildman–Crippen MR) is 71.2 cm³/mol. The van der Waals surface area contributed by atoms with Crippen LogP contribution in [-0.2, 0) is 19.6 Å². The molecule has 7 nitrogen and oxygen atoms in total. The van der Waals surface area contributed by atoms with E-state index in [-0.39, 0.29) is 17.0 Å². The number of ether oxygens (including phenoxy) is 1.